The summed E-state index contributed by atoms with van der Waals surface area (Å²) in [6.45, 7) is 1.37. The molecule has 3 N–H and O–H groups in total. The summed E-state index contributed by atoms with van der Waals surface area (Å²) in [6.07, 6.45) is 1.40. The molecule has 1 aromatic heterocycles. The van der Waals surface area contributed by atoms with Crippen molar-refractivity contribution in [2.75, 3.05) is 16.0 Å². The van der Waals surface area contributed by atoms with Crippen LogP contribution in [0.5, 0.6) is 0 Å². The summed E-state index contributed by atoms with van der Waals surface area (Å²) in [4.78, 5) is 35.8. The Balaban J connectivity index is 1.73. The lowest BCUT2D eigenvalue weighted by molar-refractivity contribution is -0.114. The predicted octanol–water partition coefficient (Wildman–Crippen LogP) is 4.40. The highest BCUT2D eigenvalue weighted by molar-refractivity contribution is 6.33. The molecule has 0 aliphatic heterocycles. The van der Waals surface area contributed by atoms with Crippen molar-refractivity contribution in [1.29, 1.82) is 0 Å². The first kappa shape index (κ1) is 19.2. The molecule has 2 aromatic carbocycles. The molecule has 142 valence electrons. The maximum absolute atomic E-state index is 12.5. The maximum Gasteiger partial charge on any atom is 0.291 e. The van der Waals surface area contributed by atoms with E-state index in [0.717, 1.165) is 0 Å². The van der Waals surface area contributed by atoms with E-state index in [2.05, 4.69) is 16.0 Å². The number of nitrogens with one attached hydrogen (secondary N) is 3. The predicted molar refractivity (Wildman–Crippen MR) is 107 cm³/mol. The lowest BCUT2D eigenvalue weighted by Gasteiger charge is -2.10. The standard InChI is InChI=1S/C20H16ClN3O4/c1-12(25)22-17-11-15(7-8-16(17)21)23-19(26)13-4-2-5-14(10-13)24-20(27)18-6-3-9-28-18/h2-11H,1H3,(H,22,25)(H,23,26)(H,24,27). The van der Waals surface area contributed by atoms with Gasteiger partial charge < -0.3 is 20.4 Å². The number of carbonyl (C=O) groups excluding carboxylic acids is 3. The van der Waals surface area contributed by atoms with Crippen molar-refractivity contribution in [3.63, 3.8) is 0 Å². The van der Waals surface area contributed by atoms with Crippen molar-refractivity contribution in [3.8, 4) is 0 Å². The van der Waals surface area contributed by atoms with Gasteiger partial charge in [0.05, 0.1) is 17.0 Å². The zero-order valence-corrected chi connectivity index (χ0v) is 15.5. The first-order chi connectivity index (χ1) is 13.4. The lowest BCUT2D eigenvalue weighted by Crippen LogP contribution is -2.14. The van der Waals surface area contributed by atoms with Gasteiger partial charge in [-0.1, -0.05) is 17.7 Å². The van der Waals surface area contributed by atoms with Crippen molar-refractivity contribution < 1.29 is 18.8 Å². The van der Waals surface area contributed by atoms with Crippen molar-refractivity contribution in [1.82, 2.24) is 0 Å². The van der Waals surface area contributed by atoms with Crippen molar-refractivity contribution >= 4 is 46.4 Å². The largest absolute Gasteiger partial charge is 0.459 e. The molecule has 0 saturated heterocycles. The van der Waals surface area contributed by atoms with Crippen LogP contribution >= 0.6 is 11.6 Å². The number of halogens is 1. The number of benzene rings is 2. The van der Waals surface area contributed by atoms with E-state index in [1.54, 1.807) is 54.6 Å². The molecule has 0 radical (unpaired) electrons. The molecule has 0 atom stereocenters. The zero-order valence-electron chi connectivity index (χ0n) is 14.8. The molecule has 8 heteroatoms. The number of amides is 3. The van der Waals surface area contributed by atoms with Crippen LogP contribution in [0.2, 0.25) is 5.02 Å². The molecule has 0 unspecified atom stereocenters. The summed E-state index contributed by atoms with van der Waals surface area (Å²) in [6, 6.07) is 14.4. The van der Waals surface area contributed by atoms with Crippen LogP contribution in [-0.2, 0) is 4.79 Å². The molecule has 3 aromatic rings. The molecule has 28 heavy (non-hydrogen) atoms. The number of anilines is 3. The second-order valence-electron chi connectivity index (χ2n) is 5.84. The minimum Gasteiger partial charge on any atom is -0.459 e. The van der Waals surface area contributed by atoms with E-state index in [1.165, 1.54) is 13.2 Å². The quantitative estimate of drug-likeness (QED) is 0.594. The van der Waals surface area contributed by atoms with Gasteiger partial charge in [-0.05, 0) is 48.5 Å². The second kappa shape index (κ2) is 8.41. The van der Waals surface area contributed by atoms with E-state index < -0.39 is 5.91 Å². The summed E-state index contributed by atoms with van der Waals surface area (Å²) in [5.74, 6) is -0.905. The fourth-order valence-corrected chi connectivity index (χ4v) is 2.60. The Morgan fingerprint density at radius 3 is 2.32 bits per heavy atom. The number of rotatable bonds is 5. The Hall–Kier alpha value is -3.58. The van der Waals surface area contributed by atoms with E-state index in [9.17, 15) is 14.4 Å². The first-order valence-corrected chi connectivity index (χ1v) is 8.63. The van der Waals surface area contributed by atoms with Gasteiger partial charge in [-0.25, -0.2) is 0 Å². The van der Waals surface area contributed by atoms with Gasteiger partial charge in [-0.15, -0.1) is 0 Å². The topological polar surface area (TPSA) is 100 Å². The van der Waals surface area contributed by atoms with Gasteiger partial charge in [-0.3, -0.25) is 14.4 Å². The van der Waals surface area contributed by atoms with E-state index in [0.29, 0.717) is 27.6 Å². The Bertz CT molecular complexity index is 1030. The third-order valence-electron chi connectivity index (χ3n) is 3.66. The van der Waals surface area contributed by atoms with Gasteiger partial charge in [0.2, 0.25) is 5.91 Å². The third kappa shape index (κ3) is 4.77. The molecule has 1 heterocycles. The molecule has 0 bridgehead atoms. The normalized spacial score (nSPS) is 10.2. The SMILES string of the molecule is CC(=O)Nc1cc(NC(=O)c2cccc(NC(=O)c3ccco3)c2)ccc1Cl. The van der Waals surface area contributed by atoms with Gasteiger partial charge in [0, 0.05) is 23.9 Å². The number of furan rings is 1. The Morgan fingerprint density at radius 2 is 1.61 bits per heavy atom. The zero-order chi connectivity index (χ0) is 20.1. The Kier molecular flexibility index (Phi) is 5.76. The number of hydrogen-bond donors (Lipinski definition) is 3. The fourth-order valence-electron chi connectivity index (χ4n) is 2.43. The van der Waals surface area contributed by atoms with Gasteiger partial charge in [0.15, 0.2) is 5.76 Å². The van der Waals surface area contributed by atoms with E-state index in [-0.39, 0.29) is 17.6 Å². The van der Waals surface area contributed by atoms with Gasteiger partial charge in [0.1, 0.15) is 0 Å². The van der Waals surface area contributed by atoms with Gasteiger partial charge in [0.25, 0.3) is 11.8 Å². The minimum absolute atomic E-state index is 0.168. The van der Waals surface area contributed by atoms with Crippen LogP contribution in [0, 0.1) is 0 Å². The molecular formula is C20H16ClN3O4. The fraction of sp³-hybridized carbons (Fsp3) is 0.0500. The average molecular weight is 398 g/mol. The van der Waals surface area contributed by atoms with E-state index in [1.807, 2.05) is 0 Å². The molecule has 0 aliphatic carbocycles. The summed E-state index contributed by atoms with van der Waals surface area (Å²) in [5.41, 5.74) is 1.65. The molecule has 7 nitrogen and oxygen atoms in total. The molecule has 0 fully saturated rings. The first-order valence-electron chi connectivity index (χ1n) is 8.26. The van der Waals surface area contributed by atoms with Gasteiger partial charge >= 0.3 is 0 Å². The van der Waals surface area contributed by atoms with Crippen LogP contribution in [0.15, 0.2) is 65.3 Å². The maximum atomic E-state index is 12.5. The van der Waals surface area contributed by atoms with Crippen molar-refractivity contribution in [2.24, 2.45) is 0 Å². The van der Waals surface area contributed by atoms with Gasteiger partial charge in [-0.2, -0.15) is 0 Å². The smallest absolute Gasteiger partial charge is 0.291 e. The Morgan fingerprint density at radius 1 is 0.857 bits per heavy atom. The minimum atomic E-state index is -0.416. The van der Waals surface area contributed by atoms with Crippen molar-refractivity contribution in [2.45, 2.75) is 6.92 Å². The summed E-state index contributed by atoms with van der Waals surface area (Å²) in [5, 5.41) is 8.34. The average Bonchev–Trinajstić information content (AvgIpc) is 3.19. The van der Waals surface area contributed by atoms with Crippen LogP contribution in [0.25, 0.3) is 0 Å². The second-order valence-corrected chi connectivity index (χ2v) is 6.25. The van der Waals surface area contributed by atoms with Crippen LogP contribution in [-0.4, -0.2) is 17.7 Å². The highest BCUT2D eigenvalue weighted by Gasteiger charge is 2.12. The van der Waals surface area contributed by atoms with Crippen LogP contribution in [0.4, 0.5) is 17.1 Å². The summed E-state index contributed by atoms with van der Waals surface area (Å²) >= 11 is 6.03. The monoisotopic (exact) mass is 397 g/mol. The Labute approximate surface area is 165 Å². The third-order valence-corrected chi connectivity index (χ3v) is 3.99. The molecule has 3 rings (SSSR count). The molecule has 0 aliphatic rings. The highest BCUT2D eigenvalue weighted by Crippen LogP contribution is 2.26. The molecule has 0 saturated carbocycles. The van der Waals surface area contributed by atoms with Crippen LogP contribution < -0.4 is 16.0 Å². The van der Waals surface area contributed by atoms with Crippen molar-refractivity contribution in [3.05, 3.63) is 77.2 Å². The highest BCUT2D eigenvalue weighted by atomic mass is 35.5. The molecule has 3 amide bonds. The van der Waals surface area contributed by atoms with Crippen LogP contribution in [0.3, 0.4) is 0 Å². The molecule has 0 spiro atoms. The summed E-state index contributed by atoms with van der Waals surface area (Å²) in [7, 11) is 0. The summed E-state index contributed by atoms with van der Waals surface area (Å²) < 4.78 is 5.04. The number of hydrogen-bond acceptors (Lipinski definition) is 4. The van der Waals surface area contributed by atoms with E-state index in [4.69, 9.17) is 16.0 Å². The van der Waals surface area contributed by atoms with Crippen LogP contribution in [0.1, 0.15) is 27.8 Å². The van der Waals surface area contributed by atoms with E-state index >= 15 is 0 Å². The lowest BCUT2D eigenvalue weighted by atomic mass is 10.1. The molecular weight excluding hydrogens is 382 g/mol. The number of carbonyl (C=O) groups is 3.